The molecule has 0 saturated carbocycles. The molecule has 0 heterocycles. The van der Waals surface area contributed by atoms with E-state index in [1.165, 1.54) is 0 Å². The maximum Gasteiger partial charge on any atom is 0.303 e. The molecule has 0 amide bonds. The standard InChI is InChI=1S/C5H12O4.C3H6O2/c6-1-5(2-7,3-8)4-9;1-2-3(4)5/h6-9H,1-4H2;2H2,1H3,(H,4,5). The van der Waals surface area contributed by atoms with E-state index in [4.69, 9.17) is 25.5 Å². The lowest BCUT2D eigenvalue weighted by atomic mass is 9.93. The number of carboxylic acids is 1. The van der Waals surface area contributed by atoms with Crippen LogP contribution in [0, 0.1) is 5.41 Å². The van der Waals surface area contributed by atoms with E-state index in [0.29, 0.717) is 0 Å². The van der Waals surface area contributed by atoms with Crippen molar-refractivity contribution in [1.29, 1.82) is 0 Å². The van der Waals surface area contributed by atoms with Crippen LogP contribution in [0.4, 0.5) is 0 Å². The molecule has 6 heteroatoms. The molecule has 0 radical (unpaired) electrons. The van der Waals surface area contributed by atoms with E-state index < -0.39 is 37.8 Å². The molecule has 0 unspecified atom stereocenters. The molecule has 0 aliphatic heterocycles. The number of aliphatic carboxylic acids is 1. The predicted molar refractivity (Wildman–Crippen MR) is 48.7 cm³/mol. The lowest BCUT2D eigenvalue weighted by Gasteiger charge is -2.23. The van der Waals surface area contributed by atoms with Crippen LogP contribution in [0.2, 0.25) is 0 Å². The third-order valence-corrected chi connectivity index (χ3v) is 1.64. The summed E-state index contributed by atoms with van der Waals surface area (Å²) < 4.78 is 0. The maximum absolute atomic E-state index is 9.37. The van der Waals surface area contributed by atoms with Gasteiger partial charge in [-0.25, -0.2) is 0 Å². The SMILES string of the molecule is CCC(=O)O.OCC(CO)(CO)CO. The number of hydrogen-bond donors (Lipinski definition) is 5. The quantitative estimate of drug-likeness (QED) is 0.374. The summed E-state index contributed by atoms with van der Waals surface area (Å²) in [6.45, 7) is -0.0255. The second-order valence-corrected chi connectivity index (χ2v) is 2.88. The Kier molecular flexibility index (Phi) is 10.0. The first-order valence-electron chi connectivity index (χ1n) is 4.17. The number of hydrogen-bond acceptors (Lipinski definition) is 5. The topological polar surface area (TPSA) is 118 Å². The van der Waals surface area contributed by atoms with Crippen LogP contribution in [0.5, 0.6) is 0 Å². The Balaban J connectivity index is 0. The van der Waals surface area contributed by atoms with Crippen molar-refractivity contribution in [2.24, 2.45) is 5.41 Å². The third-order valence-electron chi connectivity index (χ3n) is 1.64. The highest BCUT2D eigenvalue weighted by atomic mass is 16.4. The van der Waals surface area contributed by atoms with E-state index >= 15 is 0 Å². The summed E-state index contributed by atoms with van der Waals surface area (Å²) in [5, 5.41) is 41.7. The van der Waals surface area contributed by atoms with E-state index in [1.807, 2.05) is 0 Å². The molecule has 0 fully saturated rings. The lowest BCUT2D eigenvalue weighted by Crippen LogP contribution is -2.37. The van der Waals surface area contributed by atoms with Crippen LogP contribution in [-0.4, -0.2) is 57.9 Å². The molecule has 0 spiro atoms. The minimum absolute atomic E-state index is 0.222. The zero-order valence-electron chi connectivity index (χ0n) is 8.18. The van der Waals surface area contributed by atoms with Gasteiger partial charge in [-0.2, -0.15) is 0 Å². The van der Waals surface area contributed by atoms with Crippen molar-refractivity contribution in [3.63, 3.8) is 0 Å². The van der Waals surface area contributed by atoms with E-state index in [-0.39, 0.29) is 6.42 Å². The smallest absolute Gasteiger partial charge is 0.303 e. The summed E-state index contributed by atoms with van der Waals surface area (Å²) in [5.41, 5.74) is -1.11. The predicted octanol–water partition coefficient (Wildman–Crippen LogP) is -1.58. The fourth-order valence-electron chi connectivity index (χ4n) is 0.300. The number of carbonyl (C=O) groups is 1. The molecule has 14 heavy (non-hydrogen) atoms. The van der Waals surface area contributed by atoms with Gasteiger partial charge in [0.25, 0.3) is 0 Å². The van der Waals surface area contributed by atoms with Crippen molar-refractivity contribution in [3.8, 4) is 0 Å². The highest BCUT2D eigenvalue weighted by Crippen LogP contribution is 2.11. The lowest BCUT2D eigenvalue weighted by molar-refractivity contribution is -0.136. The van der Waals surface area contributed by atoms with Gasteiger partial charge in [0.05, 0.1) is 31.8 Å². The molecule has 0 aliphatic rings. The second kappa shape index (κ2) is 8.89. The fraction of sp³-hybridized carbons (Fsp3) is 0.875. The van der Waals surface area contributed by atoms with Crippen molar-refractivity contribution >= 4 is 5.97 Å². The Hall–Kier alpha value is -0.690. The highest BCUT2D eigenvalue weighted by molar-refractivity contribution is 5.66. The third kappa shape index (κ3) is 6.79. The molecule has 0 bridgehead atoms. The zero-order valence-corrected chi connectivity index (χ0v) is 8.18. The van der Waals surface area contributed by atoms with Crippen LogP contribution >= 0.6 is 0 Å². The Morgan fingerprint density at radius 1 is 1.00 bits per heavy atom. The first kappa shape index (κ1) is 15.8. The molecule has 0 aliphatic carbocycles. The van der Waals surface area contributed by atoms with E-state index in [1.54, 1.807) is 6.92 Å². The number of rotatable bonds is 5. The van der Waals surface area contributed by atoms with Gasteiger partial charge >= 0.3 is 5.97 Å². The van der Waals surface area contributed by atoms with Gasteiger partial charge in [0, 0.05) is 6.42 Å². The summed E-state index contributed by atoms with van der Waals surface area (Å²) in [6, 6.07) is 0. The van der Waals surface area contributed by atoms with Crippen LogP contribution in [0.3, 0.4) is 0 Å². The summed E-state index contributed by atoms with van der Waals surface area (Å²) in [6.07, 6.45) is 0.222. The minimum atomic E-state index is -1.11. The largest absolute Gasteiger partial charge is 0.481 e. The van der Waals surface area contributed by atoms with Crippen molar-refractivity contribution in [1.82, 2.24) is 0 Å². The van der Waals surface area contributed by atoms with Crippen LogP contribution in [0.15, 0.2) is 0 Å². The Morgan fingerprint density at radius 3 is 1.21 bits per heavy atom. The van der Waals surface area contributed by atoms with Gasteiger partial charge in [0.15, 0.2) is 0 Å². The summed E-state index contributed by atoms with van der Waals surface area (Å²) in [5.74, 6) is -0.745. The molecular weight excluding hydrogens is 192 g/mol. The summed E-state index contributed by atoms with van der Waals surface area (Å²) in [4.78, 5) is 9.37. The molecule has 6 nitrogen and oxygen atoms in total. The van der Waals surface area contributed by atoms with Crippen LogP contribution in [-0.2, 0) is 4.79 Å². The van der Waals surface area contributed by atoms with E-state index in [9.17, 15) is 4.79 Å². The van der Waals surface area contributed by atoms with Gasteiger partial charge in [0.1, 0.15) is 0 Å². The molecule has 0 aromatic carbocycles. The first-order valence-corrected chi connectivity index (χ1v) is 4.17. The summed E-state index contributed by atoms with van der Waals surface area (Å²) >= 11 is 0. The van der Waals surface area contributed by atoms with Crippen LogP contribution < -0.4 is 0 Å². The summed E-state index contributed by atoms with van der Waals surface area (Å²) in [7, 11) is 0. The molecule has 0 atom stereocenters. The van der Waals surface area contributed by atoms with Gasteiger partial charge in [-0.1, -0.05) is 6.92 Å². The molecular formula is C8H18O6. The van der Waals surface area contributed by atoms with Crippen molar-refractivity contribution in [2.75, 3.05) is 26.4 Å². The second-order valence-electron chi connectivity index (χ2n) is 2.88. The zero-order chi connectivity index (χ0) is 11.6. The fourth-order valence-corrected chi connectivity index (χ4v) is 0.300. The van der Waals surface area contributed by atoms with Crippen LogP contribution in [0.1, 0.15) is 13.3 Å². The molecule has 86 valence electrons. The molecule has 0 aromatic heterocycles. The highest BCUT2D eigenvalue weighted by Gasteiger charge is 2.26. The average Bonchev–Trinajstić information content (AvgIpc) is 2.23. The Labute approximate surface area is 82.4 Å². The van der Waals surface area contributed by atoms with Crippen molar-refractivity contribution in [2.45, 2.75) is 13.3 Å². The molecule has 0 aromatic rings. The minimum Gasteiger partial charge on any atom is -0.481 e. The maximum atomic E-state index is 9.37. The Bertz CT molecular complexity index is 125. The monoisotopic (exact) mass is 210 g/mol. The van der Waals surface area contributed by atoms with E-state index in [0.717, 1.165) is 0 Å². The van der Waals surface area contributed by atoms with Gasteiger partial charge in [-0.15, -0.1) is 0 Å². The van der Waals surface area contributed by atoms with Gasteiger partial charge < -0.3 is 25.5 Å². The number of aliphatic hydroxyl groups is 4. The van der Waals surface area contributed by atoms with Gasteiger partial charge in [-0.3, -0.25) is 4.79 Å². The average molecular weight is 210 g/mol. The first-order chi connectivity index (χ1) is 6.51. The van der Waals surface area contributed by atoms with Gasteiger partial charge in [-0.05, 0) is 0 Å². The normalized spacial score (nSPS) is 10.4. The van der Waals surface area contributed by atoms with Crippen molar-refractivity contribution in [3.05, 3.63) is 0 Å². The Morgan fingerprint density at radius 2 is 1.21 bits per heavy atom. The number of aliphatic hydroxyl groups excluding tert-OH is 4. The van der Waals surface area contributed by atoms with Crippen LogP contribution in [0.25, 0.3) is 0 Å². The van der Waals surface area contributed by atoms with E-state index in [2.05, 4.69) is 0 Å². The molecule has 0 rings (SSSR count). The molecule has 5 N–H and O–H groups in total. The molecule has 0 saturated heterocycles. The number of carboxylic acid groups (broad SMARTS) is 1. The van der Waals surface area contributed by atoms with Gasteiger partial charge in [0.2, 0.25) is 0 Å². The van der Waals surface area contributed by atoms with Crippen molar-refractivity contribution < 1.29 is 30.3 Å².